The van der Waals surface area contributed by atoms with Crippen LogP contribution in [0.2, 0.25) is 0 Å². The largest absolute Gasteiger partial charge is 0.462 e. The molecule has 0 radical (unpaired) electrons. The van der Waals surface area contributed by atoms with Crippen LogP contribution in [0.5, 0.6) is 0 Å². The number of carbonyl (C=O) groups is 4. The van der Waals surface area contributed by atoms with Crippen molar-refractivity contribution >= 4 is 44.0 Å². The molecular weight excluding hydrogens is 765 g/mol. The minimum Gasteiger partial charge on any atom is -0.462 e. The first kappa shape index (κ1) is 53.2. The van der Waals surface area contributed by atoms with Crippen molar-refractivity contribution in [2.75, 3.05) is 50.9 Å². The second kappa shape index (κ2) is 32.2. The van der Waals surface area contributed by atoms with Gasteiger partial charge in [-0.15, -0.1) is 0 Å². The Morgan fingerprint density at radius 3 is 0.982 bits per heavy atom. The fourth-order valence-corrected chi connectivity index (χ4v) is 6.95. The number of hydrogen-bond donors (Lipinski definition) is 2. The van der Waals surface area contributed by atoms with Gasteiger partial charge < -0.3 is 19.3 Å². The summed E-state index contributed by atoms with van der Waals surface area (Å²) in [5.41, 5.74) is 0.793. The van der Waals surface area contributed by atoms with Crippen LogP contribution in [0.25, 0.3) is 0 Å². The van der Waals surface area contributed by atoms with Crippen molar-refractivity contribution in [2.45, 2.75) is 155 Å². The number of esters is 2. The molecule has 0 saturated heterocycles. The van der Waals surface area contributed by atoms with E-state index in [4.69, 9.17) is 9.47 Å². The lowest BCUT2D eigenvalue weighted by Crippen LogP contribution is -2.42. The van der Waals surface area contributed by atoms with Gasteiger partial charge in [0.2, 0.25) is 11.8 Å². The molecule has 326 valence electrons. The number of nitrogens with zero attached hydrogens (tertiary/aromatic N) is 2. The molecule has 56 heavy (non-hydrogen) atoms. The maximum Gasteiger partial charge on any atom is 0.333 e. The lowest BCUT2D eigenvalue weighted by Gasteiger charge is -2.28. The molecule has 0 bridgehead atoms. The van der Waals surface area contributed by atoms with Crippen molar-refractivity contribution in [1.82, 2.24) is 9.80 Å². The van der Waals surface area contributed by atoms with Gasteiger partial charge in [0.15, 0.2) is 0 Å². The highest BCUT2D eigenvalue weighted by Crippen LogP contribution is 2.14. The average molecular weight is 837 g/mol. The van der Waals surface area contributed by atoms with E-state index < -0.39 is 31.7 Å². The molecule has 0 aromatic heterocycles. The van der Waals surface area contributed by atoms with Crippen LogP contribution in [0.3, 0.4) is 0 Å². The summed E-state index contributed by atoms with van der Waals surface area (Å²) < 4.78 is 74.0. The zero-order valence-corrected chi connectivity index (χ0v) is 35.9. The average Bonchev–Trinajstić information content (AvgIpc) is 3.11. The van der Waals surface area contributed by atoms with Crippen molar-refractivity contribution in [3.63, 3.8) is 0 Å². The summed E-state index contributed by atoms with van der Waals surface area (Å²) in [6.07, 6.45) is 17.6. The first-order chi connectivity index (χ1) is 26.4. The van der Waals surface area contributed by atoms with Crippen molar-refractivity contribution in [2.24, 2.45) is 0 Å². The molecule has 14 nitrogen and oxygen atoms in total. The Morgan fingerprint density at radius 2 is 0.714 bits per heavy atom. The maximum absolute atomic E-state index is 13.2. The Morgan fingerprint density at radius 1 is 0.446 bits per heavy atom. The number of hydrogen-bond acceptors (Lipinski definition) is 10. The molecule has 0 atom stereocenters. The van der Waals surface area contributed by atoms with Crippen LogP contribution in [0, 0.1) is 0 Å². The topological polar surface area (TPSA) is 202 Å². The number of carbonyl (C=O) groups excluding carboxylic acids is 4. The monoisotopic (exact) mass is 836 g/mol. The highest BCUT2D eigenvalue weighted by molar-refractivity contribution is 7.86. The Hall–Kier alpha value is -2.82. The van der Waals surface area contributed by atoms with Gasteiger partial charge in [-0.05, 0) is 52.4 Å². The predicted octanol–water partition coefficient (Wildman–Crippen LogP) is 7.24. The van der Waals surface area contributed by atoms with Gasteiger partial charge in [0.05, 0.1) is 24.7 Å². The van der Waals surface area contributed by atoms with Crippen LogP contribution in [-0.2, 0) is 48.9 Å². The molecule has 0 saturated carbocycles. The smallest absolute Gasteiger partial charge is 0.333 e. The standard InChI is InChI=1S/C40H72N2O12S2/c1-35(2)39(45)53-31-21-17-13-9-5-7-11-15-19-25-37(43)41(27-23-33-55(47,48)49)29-30-42(28-24-34-56(50,51)52)38(44)26-20-16-12-8-6-10-14-18-22-32-54-40(46)36(3)4/h1,3,5-34H2,2,4H3,(H,47,48,49)(H,50,51,52). The molecule has 0 aliphatic rings. The van der Waals surface area contributed by atoms with Crippen LogP contribution in [0.15, 0.2) is 24.3 Å². The number of unbranched alkanes of at least 4 members (excludes halogenated alkanes) is 16. The molecule has 0 spiro atoms. The summed E-state index contributed by atoms with van der Waals surface area (Å²) in [5.74, 6) is -2.07. The van der Waals surface area contributed by atoms with Crippen molar-refractivity contribution in [3.05, 3.63) is 24.3 Å². The van der Waals surface area contributed by atoms with E-state index in [1.807, 2.05) is 0 Å². The highest BCUT2D eigenvalue weighted by Gasteiger charge is 2.20. The van der Waals surface area contributed by atoms with Gasteiger partial charge >= 0.3 is 11.9 Å². The fourth-order valence-electron chi connectivity index (χ4n) is 5.96. The fraction of sp³-hybridized carbons (Fsp3) is 0.800. The predicted molar refractivity (Wildman–Crippen MR) is 219 cm³/mol. The Balaban J connectivity index is 4.74. The molecule has 0 fully saturated rings. The van der Waals surface area contributed by atoms with E-state index >= 15 is 0 Å². The number of rotatable bonds is 37. The lowest BCUT2D eigenvalue weighted by atomic mass is 10.1. The molecule has 0 heterocycles. The normalized spacial score (nSPS) is 11.6. The second-order valence-electron chi connectivity index (χ2n) is 14.7. The van der Waals surface area contributed by atoms with Gasteiger partial charge in [0.25, 0.3) is 20.2 Å². The second-order valence-corrected chi connectivity index (χ2v) is 17.9. The lowest BCUT2D eigenvalue weighted by molar-refractivity contribution is -0.139. The Labute approximate surface area is 337 Å². The number of ether oxygens (including phenoxy) is 2. The van der Waals surface area contributed by atoms with Gasteiger partial charge in [-0.1, -0.05) is 103 Å². The molecular formula is C40H72N2O12S2. The van der Waals surface area contributed by atoms with Gasteiger partial charge in [-0.3, -0.25) is 18.7 Å². The van der Waals surface area contributed by atoms with Crippen molar-refractivity contribution < 1.29 is 54.6 Å². The summed E-state index contributed by atoms with van der Waals surface area (Å²) >= 11 is 0. The third kappa shape index (κ3) is 33.3. The number of amides is 2. The highest BCUT2D eigenvalue weighted by atomic mass is 32.2. The van der Waals surface area contributed by atoms with Gasteiger partial charge in [0, 0.05) is 50.2 Å². The molecule has 0 aliphatic carbocycles. The SMILES string of the molecule is C=C(C)C(=O)OCCCCCCCCCCCC(=O)N(CCCS(=O)(=O)O)CCN(CCCS(=O)(=O)O)C(=O)CCCCCCCCCCCOC(=O)C(=C)C. The van der Waals surface area contributed by atoms with Crippen LogP contribution >= 0.6 is 0 Å². The molecule has 0 aromatic carbocycles. The molecule has 0 rings (SSSR count). The molecule has 0 aromatic rings. The van der Waals surface area contributed by atoms with Crippen LogP contribution in [0.1, 0.15) is 155 Å². The molecule has 0 aliphatic heterocycles. The van der Waals surface area contributed by atoms with Gasteiger partial charge in [-0.25, -0.2) is 9.59 Å². The Kier molecular flexibility index (Phi) is 30.6. The van der Waals surface area contributed by atoms with E-state index in [2.05, 4.69) is 13.2 Å². The summed E-state index contributed by atoms with van der Waals surface area (Å²) in [5, 5.41) is 0. The van der Waals surface area contributed by atoms with E-state index in [0.717, 1.165) is 103 Å². The summed E-state index contributed by atoms with van der Waals surface area (Å²) in [4.78, 5) is 52.3. The summed E-state index contributed by atoms with van der Waals surface area (Å²) in [7, 11) is -8.43. The minimum absolute atomic E-state index is 0.0302. The van der Waals surface area contributed by atoms with E-state index in [9.17, 15) is 45.1 Å². The quantitative estimate of drug-likeness (QED) is 0.0275. The van der Waals surface area contributed by atoms with Gasteiger partial charge in [-0.2, -0.15) is 16.8 Å². The van der Waals surface area contributed by atoms with Crippen molar-refractivity contribution in [3.8, 4) is 0 Å². The molecule has 16 heteroatoms. The van der Waals surface area contributed by atoms with E-state index in [-0.39, 0.29) is 75.6 Å². The van der Waals surface area contributed by atoms with Gasteiger partial charge in [0.1, 0.15) is 0 Å². The first-order valence-corrected chi connectivity index (χ1v) is 23.8. The van der Waals surface area contributed by atoms with E-state index in [1.165, 1.54) is 9.80 Å². The van der Waals surface area contributed by atoms with Crippen LogP contribution in [0.4, 0.5) is 0 Å². The Bertz CT molecular complexity index is 1280. The van der Waals surface area contributed by atoms with Crippen molar-refractivity contribution in [1.29, 1.82) is 0 Å². The summed E-state index contributed by atoms with van der Waals surface area (Å²) in [6.45, 7) is 11.6. The summed E-state index contributed by atoms with van der Waals surface area (Å²) in [6, 6.07) is 0. The third-order valence-corrected chi connectivity index (χ3v) is 10.8. The van der Waals surface area contributed by atoms with E-state index in [1.54, 1.807) is 13.8 Å². The molecule has 0 unspecified atom stereocenters. The van der Waals surface area contributed by atoms with Crippen LogP contribution < -0.4 is 0 Å². The minimum atomic E-state index is -4.22. The zero-order valence-electron chi connectivity index (χ0n) is 34.3. The van der Waals surface area contributed by atoms with E-state index in [0.29, 0.717) is 37.2 Å². The van der Waals surface area contributed by atoms with Crippen LogP contribution in [-0.4, -0.2) is 110 Å². The maximum atomic E-state index is 13.2. The molecule has 2 amide bonds. The third-order valence-electron chi connectivity index (χ3n) is 9.24. The first-order valence-electron chi connectivity index (χ1n) is 20.5. The zero-order chi connectivity index (χ0) is 42.2. The molecule has 2 N–H and O–H groups in total.